The summed E-state index contributed by atoms with van der Waals surface area (Å²) in [7, 11) is -3.55. The van der Waals surface area contributed by atoms with Crippen LogP contribution in [0.2, 0.25) is 0 Å². The van der Waals surface area contributed by atoms with E-state index in [0.29, 0.717) is 49.9 Å². The molecule has 2 fully saturated rings. The van der Waals surface area contributed by atoms with Gasteiger partial charge in [0.1, 0.15) is 5.82 Å². The molecular formula is C26H32N6O4S2. The van der Waals surface area contributed by atoms with Crippen LogP contribution in [0.15, 0.2) is 34.7 Å². The maximum atomic E-state index is 13.3. The second-order valence-corrected chi connectivity index (χ2v) is 13.2. The molecule has 1 aromatic carbocycles. The first-order chi connectivity index (χ1) is 18.2. The molecule has 1 aliphatic heterocycles. The summed E-state index contributed by atoms with van der Waals surface area (Å²) < 4.78 is 32.5. The van der Waals surface area contributed by atoms with Gasteiger partial charge in [-0.15, -0.1) is 11.3 Å². The highest BCUT2D eigenvalue weighted by Gasteiger charge is 2.51. The Labute approximate surface area is 226 Å². The highest BCUT2D eigenvalue weighted by Crippen LogP contribution is 2.49. The quantitative estimate of drug-likeness (QED) is 0.449. The number of carbonyl (C=O) groups is 1. The van der Waals surface area contributed by atoms with Gasteiger partial charge < -0.3 is 20.3 Å². The summed E-state index contributed by atoms with van der Waals surface area (Å²) in [5.74, 6) is 1.05. The van der Waals surface area contributed by atoms with Gasteiger partial charge in [0.2, 0.25) is 14.2 Å². The summed E-state index contributed by atoms with van der Waals surface area (Å²) in [5, 5.41) is 4.95. The average molecular weight is 557 g/mol. The maximum absolute atomic E-state index is 13.3. The predicted octanol–water partition coefficient (Wildman–Crippen LogP) is 3.91. The highest BCUT2D eigenvalue weighted by molar-refractivity contribution is 7.94. The molecule has 2 N–H and O–H groups in total. The molecule has 3 aromatic rings. The molecule has 1 saturated carbocycles. The van der Waals surface area contributed by atoms with E-state index in [4.69, 9.17) is 14.7 Å². The number of nitrogens with one attached hydrogen (secondary N) is 2. The number of hydrogen-bond acceptors (Lipinski definition) is 9. The van der Waals surface area contributed by atoms with Gasteiger partial charge in [0.05, 0.1) is 35.9 Å². The van der Waals surface area contributed by atoms with Gasteiger partial charge in [0.25, 0.3) is 0 Å². The van der Waals surface area contributed by atoms with Gasteiger partial charge in [-0.3, -0.25) is 0 Å². The van der Waals surface area contributed by atoms with Gasteiger partial charge in [0.15, 0.2) is 5.82 Å². The lowest BCUT2D eigenvalue weighted by molar-refractivity contribution is 0.0985. The van der Waals surface area contributed by atoms with E-state index >= 15 is 0 Å². The van der Waals surface area contributed by atoms with Crippen LogP contribution in [-0.4, -0.2) is 67.0 Å². The number of ether oxygens (including phenoxy) is 1. The second kappa shape index (κ2) is 10.6. The molecular weight excluding hydrogens is 524 g/mol. The van der Waals surface area contributed by atoms with Gasteiger partial charge >= 0.3 is 6.03 Å². The van der Waals surface area contributed by atoms with E-state index in [9.17, 15) is 13.2 Å². The lowest BCUT2D eigenvalue weighted by Crippen LogP contribution is -2.44. The van der Waals surface area contributed by atoms with Crippen LogP contribution in [0.25, 0.3) is 11.4 Å². The van der Waals surface area contributed by atoms with Crippen LogP contribution in [0.3, 0.4) is 0 Å². The number of rotatable bonds is 7. The van der Waals surface area contributed by atoms with E-state index in [-0.39, 0.29) is 22.3 Å². The molecule has 1 saturated heterocycles. The molecule has 5 rings (SSSR count). The first kappa shape index (κ1) is 26.5. The van der Waals surface area contributed by atoms with Gasteiger partial charge in [-0.2, -0.15) is 0 Å². The van der Waals surface area contributed by atoms with Crippen molar-refractivity contribution < 1.29 is 17.9 Å². The van der Waals surface area contributed by atoms with Crippen LogP contribution < -0.4 is 15.5 Å². The normalized spacial score (nSPS) is 21.3. The number of morpholine rings is 1. The Balaban J connectivity index is 1.47. The molecule has 0 spiro atoms. The molecule has 202 valence electrons. The fraction of sp³-hybridized carbons (Fsp3) is 0.462. The Morgan fingerprint density at radius 3 is 2.61 bits per heavy atom. The Kier molecular flexibility index (Phi) is 7.38. The van der Waals surface area contributed by atoms with Crippen molar-refractivity contribution >= 4 is 38.7 Å². The molecule has 2 amide bonds. The van der Waals surface area contributed by atoms with Crippen molar-refractivity contribution in [2.45, 2.75) is 55.7 Å². The summed E-state index contributed by atoms with van der Waals surface area (Å²) in [6, 6.07) is 9.10. The summed E-state index contributed by atoms with van der Waals surface area (Å²) in [5.41, 5.74) is 2.90. The predicted molar refractivity (Wildman–Crippen MR) is 148 cm³/mol. The SMILES string of the molecule is CCNC(=O)Nc1ccc(-c2nc(C3CC3S(=O)(=O)c3nc(C)c(C)s3)cc(N3CCOC[C@@H]3C)n2)cc1. The number of hydrogen-bond donors (Lipinski definition) is 2. The van der Waals surface area contributed by atoms with Crippen molar-refractivity contribution in [1.82, 2.24) is 20.3 Å². The minimum atomic E-state index is -3.55. The molecule has 2 unspecified atom stereocenters. The number of aromatic nitrogens is 3. The monoisotopic (exact) mass is 556 g/mol. The van der Waals surface area contributed by atoms with Crippen molar-refractivity contribution in [3.8, 4) is 11.4 Å². The standard InChI is InChI=1S/C26H32N6O4S2/c1-5-27-25(33)29-19-8-6-18(7-9-19)24-30-21(13-23(31-24)32-10-11-36-14-15(32)2)20-12-22(20)38(34,35)26-28-16(3)17(4)37-26/h6-9,13,15,20,22H,5,10-12,14H2,1-4H3,(H2,27,29,33)/t15-,20?,22?/m0/s1. The molecule has 12 heteroatoms. The zero-order valence-electron chi connectivity index (χ0n) is 21.9. The van der Waals surface area contributed by atoms with Crippen molar-refractivity contribution in [2.24, 2.45) is 0 Å². The van der Waals surface area contributed by atoms with Crippen LogP contribution in [0.1, 0.15) is 42.5 Å². The number of thiazole rings is 1. The smallest absolute Gasteiger partial charge is 0.319 e. The highest BCUT2D eigenvalue weighted by atomic mass is 32.2. The number of benzene rings is 1. The lowest BCUT2D eigenvalue weighted by atomic mass is 10.1. The largest absolute Gasteiger partial charge is 0.377 e. The number of sulfone groups is 1. The van der Waals surface area contributed by atoms with Gasteiger partial charge in [-0.05, 0) is 58.4 Å². The zero-order chi connectivity index (χ0) is 27.0. The van der Waals surface area contributed by atoms with Crippen molar-refractivity contribution in [3.05, 3.63) is 46.6 Å². The number of nitrogens with zero attached hydrogens (tertiary/aromatic N) is 4. The third-order valence-electron chi connectivity index (χ3n) is 6.90. The van der Waals surface area contributed by atoms with Crippen molar-refractivity contribution in [3.63, 3.8) is 0 Å². The molecule has 3 heterocycles. The van der Waals surface area contributed by atoms with E-state index in [0.717, 1.165) is 22.0 Å². The van der Waals surface area contributed by atoms with E-state index < -0.39 is 15.1 Å². The third kappa shape index (κ3) is 5.38. The number of carbonyl (C=O) groups excluding carboxylic acids is 1. The van der Waals surface area contributed by atoms with E-state index in [1.54, 1.807) is 12.1 Å². The lowest BCUT2D eigenvalue weighted by Gasteiger charge is -2.34. The Hall–Kier alpha value is -3.09. The number of amides is 2. The average Bonchev–Trinajstić information content (AvgIpc) is 3.64. The van der Waals surface area contributed by atoms with Gasteiger partial charge in [-0.1, -0.05) is 0 Å². The van der Waals surface area contributed by atoms with Crippen LogP contribution in [0, 0.1) is 13.8 Å². The summed E-state index contributed by atoms with van der Waals surface area (Å²) in [4.78, 5) is 29.0. The van der Waals surface area contributed by atoms with Crippen LogP contribution in [0.4, 0.5) is 16.3 Å². The number of aryl methyl sites for hydroxylation is 2. The number of anilines is 2. The molecule has 2 aliphatic rings. The first-order valence-corrected chi connectivity index (χ1v) is 15.1. The Morgan fingerprint density at radius 2 is 1.95 bits per heavy atom. The fourth-order valence-electron chi connectivity index (χ4n) is 4.55. The molecule has 2 aromatic heterocycles. The third-order valence-corrected chi connectivity index (χ3v) is 10.6. The van der Waals surface area contributed by atoms with Crippen LogP contribution in [-0.2, 0) is 14.6 Å². The molecule has 1 aliphatic carbocycles. The Bertz CT molecular complexity index is 1420. The summed E-state index contributed by atoms with van der Waals surface area (Å²) in [6.07, 6.45) is 0.504. The maximum Gasteiger partial charge on any atom is 0.319 e. The molecule has 0 radical (unpaired) electrons. The Morgan fingerprint density at radius 1 is 1.18 bits per heavy atom. The van der Waals surface area contributed by atoms with E-state index in [1.807, 2.05) is 39.0 Å². The molecule has 38 heavy (non-hydrogen) atoms. The van der Waals surface area contributed by atoms with Gasteiger partial charge in [-0.25, -0.2) is 28.2 Å². The second-order valence-electron chi connectivity index (χ2n) is 9.70. The number of urea groups is 1. The summed E-state index contributed by atoms with van der Waals surface area (Å²) >= 11 is 1.23. The minimum absolute atomic E-state index is 0.128. The molecule has 0 bridgehead atoms. The summed E-state index contributed by atoms with van der Waals surface area (Å²) in [6.45, 7) is 10.1. The van der Waals surface area contributed by atoms with E-state index in [1.165, 1.54) is 11.3 Å². The topological polar surface area (TPSA) is 126 Å². The van der Waals surface area contributed by atoms with Crippen LogP contribution >= 0.6 is 11.3 Å². The fourth-order valence-corrected chi connectivity index (χ4v) is 7.95. The minimum Gasteiger partial charge on any atom is -0.377 e. The van der Waals surface area contributed by atoms with E-state index in [2.05, 4.69) is 27.4 Å². The van der Waals surface area contributed by atoms with Gasteiger partial charge in [0, 0.05) is 41.2 Å². The zero-order valence-corrected chi connectivity index (χ0v) is 23.5. The molecule has 3 atom stereocenters. The van der Waals surface area contributed by atoms with Crippen molar-refractivity contribution in [2.75, 3.05) is 36.5 Å². The first-order valence-electron chi connectivity index (χ1n) is 12.7. The van der Waals surface area contributed by atoms with Crippen LogP contribution in [0.5, 0.6) is 0 Å². The molecule has 10 nitrogen and oxygen atoms in total. The van der Waals surface area contributed by atoms with Crippen molar-refractivity contribution in [1.29, 1.82) is 0 Å².